The van der Waals surface area contributed by atoms with E-state index < -0.39 is 0 Å². The van der Waals surface area contributed by atoms with Gasteiger partial charge in [-0.1, -0.05) is 51.1 Å². The Labute approximate surface area is 177 Å². The highest BCUT2D eigenvalue weighted by Crippen LogP contribution is 2.13. The fourth-order valence-corrected chi connectivity index (χ4v) is 2.74. The van der Waals surface area contributed by atoms with E-state index in [4.69, 9.17) is 4.74 Å². The van der Waals surface area contributed by atoms with Crippen molar-refractivity contribution >= 4 is 29.9 Å². The maximum atomic E-state index is 5.80. The second-order valence-corrected chi connectivity index (χ2v) is 7.81. The van der Waals surface area contributed by atoms with E-state index in [0.29, 0.717) is 12.5 Å². The van der Waals surface area contributed by atoms with Crippen LogP contribution in [0, 0.1) is 11.3 Å². The molecule has 5 nitrogen and oxygen atoms in total. The molecule has 26 heavy (non-hydrogen) atoms. The first-order valence-corrected chi connectivity index (χ1v) is 9.03. The summed E-state index contributed by atoms with van der Waals surface area (Å²) < 4.78 is 5.80. The first-order chi connectivity index (χ1) is 11.8. The zero-order chi connectivity index (χ0) is 18.7. The average Bonchev–Trinajstić information content (AvgIpc) is 2.54. The van der Waals surface area contributed by atoms with Crippen LogP contribution in [-0.4, -0.2) is 58.2 Å². The summed E-state index contributed by atoms with van der Waals surface area (Å²) in [6.07, 6.45) is 0. The molecule has 0 aliphatic heterocycles. The van der Waals surface area contributed by atoms with E-state index >= 15 is 0 Å². The first kappa shape index (κ1) is 25.1. The van der Waals surface area contributed by atoms with E-state index in [-0.39, 0.29) is 29.4 Å². The number of guanidine groups is 1. The lowest BCUT2D eigenvalue weighted by atomic mass is 9.93. The summed E-state index contributed by atoms with van der Waals surface area (Å²) in [4.78, 5) is 6.52. The summed E-state index contributed by atoms with van der Waals surface area (Å²) >= 11 is 0. The van der Waals surface area contributed by atoms with Gasteiger partial charge >= 0.3 is 0 Å². The smallest absolute Gasteiger partial charge is 0.191 e. The van der Waals surface area contributed by atoms with Gasteiger partial charge in [0.25, 0.3) is 0 Å². The summed E-state index contributed by atoms with van der Waals surface area (Å²) in [5.74, 6) is 1.26. The molecule has 1 aromatic rings. The number of hydrogen-bond acceptors (Lipinski definition) is 3. The van der Waals surface area contributed by atoms with Crippen molar-refractivity contribution in [1.82, 2.24) is 15.5 Å². The summed E-state index contributed by atoms with van der Waals surface area (Å²) in [6.45, 7) is 10.8. The molecule has 0 aliphatic carbocycles. The molecule has 0 radical (unpaired) electrons. The third-order valence-corrected chi connectivity index (χ3v) is 3.83. The van der Waals surface area contributed by atoms with Gasteiger partial charge in [-0.25, -0.2) is 0 Å². The van der Waals surface area contributed by atoms with Gasteiger partial charge in [-0.05, 0) is 31.0 Å². The molecule has 0 fully saturated rings. The molecule has 0 bridgehead atoms. The number of nitrogens with one attached hydrogen (secondary N) is 2. The predicted octanol–water partition coefficient (Wildman–Crippen LogP) is 3.21. The van der Waals surface area contributed by atoms with E-state index in [0.717, 1.165) is 32.2 Å². The van der Waals surface area contributed by atoms with Crippen molar-refractivity contribution in [3.05, 3.63) is 35.9 Å². The summed E-state index contributed by atoms with van der Waals surface area (Å²) in [7, 11) is 6.02. The maximum absolute atomic E-state index is 5.80. The Kier molecular flexibility index (Phi) is 12.9. The molecule has 1 rings (SSSR count). The quantitative estimate of drug-likeness (QED) is 0.310. The molecule has 0 amide bonds. The van der Waals surface area contributed by atoms with Crippen molar-refractivity contribution in [2.45, 2.75) is 27.4 Å². The summed E-state index contributed by atoms with van der Waals surface area (Å²) in [5.41, 5.74) is 1.40. The Hall–Kier alpha value is -0.860. The fraction of sp³-hybridized carbons (Fsp3) is 0.650. The van der Waals surface area contributed by atoms with Crippen LogP contribution >= 0.6 is 24.0 Å². The van der Waals surface area contributed by atoms with E-state index in [2.05, 4.69) is 67.5 Å². The van der Waals surface area contributed by atoms with Crippen molar-refractivity contribution < 1.29 is 4.74 Å². The van der Waals surface area contributed by atoms with Gasteiger partial charge < -0.3 is 20.3 Å². The molecule has 0 heterocycles. The van der Waals surface area contributed by atoms with Gasteiger partial charge in [0.05, 0.1) is 13.2 Å². The van der Waals surface area contributed by atoms with Crippen molar-refractivity contribution in [3.63, 3.8) is 0 Å². The van der Waals surface area contributed by atoms with E-state index in [1.54, 1.807) is 0 Å². The fourth-order valence-electron chi connectivity index (χ4n) is 2.74. The van der Waals surface area contributed by atoms with Crippen molar-refractivity contribution in [1.29, 1.82) is 0 Å². The molecule has 0 aliphatic rings. The Balaban J connectivity index is 0.00000625. The van der Waals surface area contributed by atoms with Gasteiger partial charge in [0.2, 0.25) is 0 Å². The van der Waals surface area contributed by atoms with Crippen LogP contribution < -0.4 is 10.6 Å². The van der Waals surface area contributed by atoms with Crippen LogP contribution in [-0.2, 0) is 11.3 Å². The highest BCUT2D eigenvalue weighted by molar-refractivity contribution is 14.0. The molecule has 0 saturated carbocycles. The third kappa shape index (κ3) is 11.7. The number of rotatable bonds is 10. The molecule has 2 N–H and O–H groups in total. The SMILES string of the molecule is CN=C(NCC(C)COCc1ccccc1)NCC(C)(C)CN(C)C.I. The maximum Gasteiger partial charge on any atom is 0.191 e. The lowest BCUT2D eigenvalue weighted by Crippen LogP contribution is -2.46. The van der Waals surface area contributed by atoms with Crippen LogP contribution in [0.1, 0.15) is 26.3 Å². The second-order valence-electron chi connectivity index (χ2n) is 7.81. The zero-order valence-electron chi connectivity index (χ0n) is 17.2. The lowest BCUT2D eigenvalue weighted by molar-refractivity contribution is 0.0931. The number of halogens is 1. The molecule has 1 atom stereocenters. The van der Waals surface area contributed by atoms with Crippen molar-refractivity contribution in [2.24, 2.45) is 16.3 Å². The number of benzene rings is 1. The molecule has 6 heteroatoms. The minimum atomic E-state index is 0. The van der Waals surface area contributed by atoms with Crippen LogP contribution in [0.3, 0.4) is 0 Å². The average molecular weight is 476 g/mol. The summed E-state index contributed by atoms with van der Waals surface area (Å²) in [6, 6.07) is 10.3. The third-order valence-electron chi connectivity index (χ3n) is 3.83. The lowest BCUT2D eigenvalue weighted by Gasteiger charge is -2.29. The molecular formula is C20H37IN4O. The Morgan fingerprint density at radius 1 is 1.19 bits per heavy atom. The predicted molar refractivity (Wildman–Crippen MR) is 122 cm³/mol. The normalized spacial score (nSPS) is 13.3. The Bertz CT molecular complexity index is 506. The standard InChI is InChI=1S/C20H36N4O.HI/c1-17(13-25-14-18-10-8-7-9-11-18)12-22-19(21-4)23-15-20(2,3)16-24(5)6;/h7-11,17H,12-16H2,1-6H3,(H2,21,22,23);1H. The first-order valence-electron chi connectivity index (χ1n) is 9.03. The summed E-state index contributed by atoms with van der Waals surface area (Å²) in [5, 5.41) is 6.81. The van der Waals surface area contributed by atoms with Gasteiger partial charge in [0, 0.05) is 26.7 Å². The molecular weight excluding hydrogens is 439 g/mol. The topological polar surface area (TPSA) is 48.9 Å². The van der Waals surface area contributed by atoms with Gasteiger partial charge in [-0.15, -0.1) is 24.0 Å². The molecule has 0 saturated heterocycles. The largest absolute Gasteiger partial charge is 0.376 e. The van der Waals surface area contributed by atoms with Gasteiger partial charge in [0.1, 0.15) is 0 Å². The molecule has 0 spiro atoms. The number of ether oxygens (including phenoxy) is 1. The number of aliphatic imine (C=N–C) groups is 1. The molecule has 150 valence electrons. The molecule has 1 unspecified atom stereocenters. The molecule has 1 aromatic carbocycles. The van der Waals surface area contributed by atoms with Gasteiger partial charge in [-0.2, -0.15) is 0 Å². The van der Waals surface area contributed by atoms with Gasteiger partial charge in [0.15, 0.2) is 5.96 Å². The van der Waals surface area contributed by atoms with E-state index in [1.165, 1.54) is 5.56 Å². The minimum Gasteiger partial charge on any atom is -0.376 e. The Morgan fingerprint density at radius 2 is 1.85 bits per heavy atom. The monoisotopic (exact) mass is 476 g/mol. The van der Waals surface area contributed by atoms with Crippen molar-refractivity contribution in [3.8, 4) is 0 Å². The van der Waals surface area contributed by atoms with Crippen LogP contribution in [0.25, 0.3) is 0 Å². The van der Waals surface area contributed by atoms with E-state index in [1.807, 2.05) is 25.2 Å². The Morgan fingerprint density at radius 3 is 2.42 bits per heavy atom. The van der Waals surface area contributed by atoms with Crippen molar-refractivity contribution in [2.75, 3.05) is 47.4 Å². The van der Waals surface area contributed by atoms with Gasteiger partial charge in [-0.3, -0.25) is 4.99 Å². The highest BCUT2D eigenvalue weighted by Gasteiger charge is 2.19. The second kappa shape index (κ2) is 13.3. The van der Waals surface area contributed by atoms with Crippen LogP contribution in [0.5, 0.6) is 0 Å². The van der Waals surface area contributed by atoms with E-state index in [9.17, 15) is 0 Å². The zero-order valence-corrected chi connectivity index (χ0v) is 19.5. The molecule has 0 aromatic heterocycles. The number of nitrogens with zero attached hydrogens (tertiary/aromatic N) is 2. The van der Waals surface area contributed by atoms with Crippen LogP contribution in [0.15, 0.2) is 35.3 Å². The van der Waals surface area contributed by atoms with Crippen LogP contribution in [0.2, 0.25) is 0 Å². The number of hydrogen-bond donors (Lipinski definition) is 2. The minimum absolute atomic E-state index is 0. The highest BCUT2D eigenvalue weighted by atomic mass is 127. The van der Waals surface area contributed by atoms with Crippen LogP contribution in [0.4, 0.5) is 0 Å².